The minimum atomic E-state index is -0.404. The van der Waals surface area contributed by atoms with Crippen LogP contribution in [0.5, 0.6) is 0 Å². The van der Waals surface area contributed by atoms with Crippen molar-refractivity contribution in [3.05, 3.63) is 39.1 Å². The van der Waals surface area contributed by atoms with E-state index in [-0.39, 0.29) is 5.57 Å². The first kappa shape index (κ1) is 17.5. The van der Waals surface area contributed by atoms with Crippen LogP contribution in [-0.2, 0) is 4.79 Å². The fraction of sp³-hybridized carbons (Fsp3) is 0.333. The fourth-order valence-electron chi connectivity index (χ4n) is 1.57. The third-order valence-electron chi connectivity index (χ3n) is 2.75. The van der Waals surface area contributed by atoms with Gasteiger partial charge in [0.15, 0.2) is 0 Å². The van der Waals surface area contributed by atoms with Gasteiger partial charge < -0.3 is 15.5 Å². The van der Waals surface area contributed by atoms with Gasteiger partial charge in [0.05, 0.1) is 0 Å². The van der Waals surface area contributed by atoms with Gasteiger partial charge in [0, 0.05) is 28.5 Å². The number of nitrogens with one attached hydrogen (secondary N) is 2. The van der Waals surface area contributed by atoms with Crippen LogP contribution in [-0.4, -0.2) is 38.0 Å². The van der Waals surface area contributed by atoms with Crippen LogP contribution in [0.4, 0.5) is 5.69 Å². The fourth-order valence-corrected chi connectivity index (χ4v) is 2.21. The molecular formula is C15H19IN4O. The number of amides is 1. The number of anilines is 1. The molecule has 0 unspecified atom stereocenters. The van der Waals surface area contributed by atoms with Crippen LogP contribution in [0.3, 0.4) is 0 Å². The van der Waals surface area contributed by atoms with Crippen LogP contribution in [0.25, 0.3) is 0 Å². The summed E-state index contributed by atoms with van der Waals surface area (Å²) in [6.45, 7) is 3.42. The normalized spacial score (nSPS) is 11.1. The van der Waals surface area contributed by atoms with Gasteiger partial charge in [-0.3, -0.25) is 4.79 Å². The number of halogens is 1. The molecule has 0 heterocycles. The number of nitriles is 1. The molecule has 0 aromatic heterocycles. The first-order chi connectivity index (χ1) is 9.93. The minimum absolute atomic E-state index is 0.0618. The molecule has 0 aliphatic heterocycles. The summed E-state index contributed by atoms with van der Waals surface area (Å²) < 4.78 is 1.10. The van der Waals surface area contributed by atoms with Gasteiger partial charge in [0.1, 0.15) is 11.6 Å². The smallest absolute Gasteiger partial charge is 0.267 e. The Bertz CT molecular complexity index is 576. The molecule has 5 nitrogen and oxygen atoms in total. The number of carbonyl (C=O) groups excluding carboxylic acids is 1. The zero-order valence-corrected chi connectivity index (χ0v) is 14.6. The Labute approximate surface area is 139 Å². The van der Waals surface area contributed by atoms with Crippen molar-refractivity contribution < 1.29 is 4.79 Å². The van der Waals surface area contributed by atoms with E-state index in [1.165, 1.54) is 6.20 Å². The molecule has 0 aliphatic rings. The number of hydrogen-bond acceptors (Lipinski definition) is 4. The molecule has 1 amide bonds. The number of nitrogens with zero attached hydrogens (tertiary/aromatic N) is 2. The lowest BCUT2D eigenvalue weighted by Gasteiger charge is -2.10. The second kappa shape index (κ2) is 8.64. The third-order valence-corrected chi connectivity index (χ3v) is 3.42. The highest BCUT2D eigenvalue weighted by molar-refractivity contribution is 14.1. The molecule has 21 heavy (non-hydrogen) atoms. The van der Waals surface area contributed by atoms with Crippen LogP contribution < -0.4 is 10.6 Å². The Kier molecular flexibility index (Phi) is 7.19. The highest BCUT2D eigenvalue weighted by Crippen LogP contribution is 2.18. The summed E-state index contributed by atoms with van der Waals surface area (Å²) in [6, 6.07) is 7.63. The number of rotatable bonds is 6. The second-order valence-electron chi connectivity index (χ2n) is 4.84. The molecule has 1 rings (SSSR count). The molecule has 1 aromatic rings. The summed E-state index contributed by atoms with van der Waals surface area (Å²) in [4.78, 5) is 14.1. The molecule has 0 saturated heterocycles. The van der Waals surface area contributed by atoms with Crippen LogP contribution in [0.15, 0.2) is 30.0 Å². The van der Waals surface area contributed by atoms with Gasteiger partial charge in [0.25, 0.3) is 5.91 Å². The summed E-state index contributed by atoms with van der Waals surface area (Å²) in [5.41, 5.74) is 1.75. The van der Waals surface area contributed by atoms with Crippen LogP contribution in [0.2, 0.25) is 0 Å². The summed E-state index contributed by atoms with van der Waals surface area (Å²) in [6.07, 6.45) is 1.46. The van der Waals surface area contributed by atoms with E-state index < -0.39 is 5.91 Å². The maximum absolute atomic E-state index is 12.1. The van der Waals surface area contributed by atoms with Gasteiger partial charge in [-0.1, -0.05) is 0 Å². The SMILES string of the molecule is Cc1cc(I)ccc1NC(=O)/C(C#N)=C\NCCN(C)C. The van der Waals surface area contributed by atoms with Crippen molar-refractivity contribution in [1.29, 1.82) is 5.26 Å². The van der Waals surface area contributed by atoms with Gasteiger partial charge in [-0.15, -0.1) is 0 Å². The molecule has 0 spiro atoms. The molecule has 0 bridgehead atoms. The van der Waals surface area contributed by atoms with Gasteiger partial charge in [-0.05, 0) is 67.4 Å². The molecule has 0 radical (unpaired) electrons. The van der Waals surface area contributed by atoms with Crippen molar-refractivity contribution in [2.75, 3.05) is 32.5 Å². The Hall–Kier alpha value is -1.59. The lowest BCUT2D eigenvalue weighted by atomic mass is 10.2. The van der Waals surface area contributed by atoms with Crippen molar-refractivity contribution in [3.63, 3.8) is 0 Å². The molecular weight excluding hydrogens is 379 g/mol. The lowest BCUT2D eigenvalue weighted by molar-refractivity contribution is -0.112. The molecule has 2 N–H and O–H groups in total. The molecule has 0 saturated carbocycles. The summed E-state index contributed by atoms with van der Waals surface area (Å²) >= 11 is 2.21. The number of carbonyl (C=O) groups is 1. The molecule has 1 aromatic carbocycles. The molecule has 0 fully saturated rings. The van der Waals surface area contributed by atoms with Crippen molar-refractivity contribution >= 4 is 34.2 Å². The predicted octanol–water partition coefficient (Wildman–Crippen LogP) is 2.10. The van der Waals surface area contributed by atoms with Crippen LogP contribution >= 0.6 is 22.6 Å². The van der Waals surface area contributed by atoms with Gasteiger partial charge in [0.2, 0.25) is 0 Å². The van der Waals surface area contributed by atoms with Crippen LogP contribution in [0.1, 0.15) is 5.56 Å². The summed E-state index contributed by atoms with van der Waals surface area (Å²) in [5, 5.41) is 14.8. The maximum Gasteiger partial charge on any atom is 0.267 e. The zero-order valence-electron chi connectivity index (χ0n) is 12.4. The van der Waals surface area contributed by atoms with Gasteiger partial charge in [-0.2, -0.15) is 5.26 Å². The van der Waals surface area contributed by atoms with Gasteiger partial charge in [-0.25, -0.2) is 0 Å². The number of aryl methyl sites for hydroxylation is 1. The van der Waals surface area contributed by atoms with E-state index in [2.05, 4.69) is 33.2 Å². The standard InChI is InChI=1S/C15H19IN4O/c1-11-8-13(16)4-5-14(11)19-15(21)12(9-17)10-18-6-7-20(2)3/h4-5,8,10,18H,6-7H2,1-3H3,(H,19,21)/b12-10-. The van der Waals surface area contributed by atoms with E-state index in [0.29, 0.717) is 6.54 Å². The van der Waals surface area contributed by atoms with E-state index in [1.807, 2.05) is 50.2 Å². The highest BCUT2D eigenvalue weighted by Gasteiger charge is 2.10. The quantitative estimate of drug-likeness (QED) is 0.333. The molecule has 0 atom stereocenters. The topological polar surface area (TPSA) is 68.2 Å². The van der Waals surface area contributed by atoms with Crippen molar-refractivity contribution in [3.8, 4) is 6.07 Å². The van der Waals surface area contributed by atoms with Gasteiger partial charge >= 0.3 is 0 Å². The van der Waals surface area contributed by atoms with Crippen molar-refractivity contribution in [2.45, 2.75) is 6.92 Å². The first-order valence-electron chi connectivity index (χ1n) is 6.50. The third kappa shape index (κ3) is 6.14. The Morgan fingerprint density at radius 3 is 2.76 bits per heavy atom. The van der Waals surface area contributed by atoms with E-state index in [1.54, 1.807) is 0 Å². The minimum Gasteiger partial charge on any atom is -0.388 e. The average molecular weight is 398 g/mol. The van der Waals surface area contributed by atoms with Crippen molar-refractivity contribution in [1.82, 2.24) is 10.2 Å². The number of likely N-dealkylation sites (N-methyl/N-ethyl adjacent to an activating group) is 1. The molecule has 6 heteroatoms. The van der Waals surface area contributed by atoms with E-state index in [4.69, 9.17) is 5.26 Å². The highest BCUT2D eigenvalue weighted by atomic mass is 127. The predicted molar refractivity (Wildman–Crippen MR) is 92.8 cm³/mol. The number of benzene rings is 1. The first-order valence-corrected chi connectivity index (χ1v) is 7.58. The Balaban J connectivity index is 2.67. The molecule has 112 valence electrons. The van der Waals surface area contributed by atoms with E-state index in [0.717, 1.165) is 21.4 Å². The maximum atomic E-state index is 12.1. The lowest BCUT2D eigenvalue weighted by Crippen LogP contribution is -2.24. The van der Waals surface area contributed by atoms with Crippen LogP contribution in [0, 0.1) is 21.8 Å². The summed E-state index contributed by atoms with van der Waals surface area (Å²) in [5.74, 6) is -0.404. The van der Waals surface area contributed by atoms with E-state index >= 15 is 0 Å². The average Bonchev–Trinajstić information content (AvgIpc) is 2.41. The Morgan fingerprint density at radius 1 is 1.48 bits per heavy atom. The largest absolute Gasteiger partial charge is 0.388 e. The second-order valence-corrected chi connectivity index (χ2v) is 6.09. The van der Waals surface area contributed by atoms with E-state index in [9.17, 15) is 4.79 Å². The zero-order chi connectivity index (χ0) is 15.8. The molecule has 0 aliphatic carbocycles. The monoisotopic (exact) mass is 398 g/mol. The Morgan fingerprint density at radius 2 is 2.19 bits per heavy atom. The summed E-state index contributed by atoms with van der Waals surface area (Å²) in [7, 11) is 3.92. The number of hydrogen-bond donors (Lipinski definition) is 2. The van der Waals surface area contributed by atoms with Crippen molar-refractivity contribution in [2.24, 2.45) is 0 Å².